The zero-order chi connectivity index (χ0) is 13.5. The van der Waals surface area contributed by atoms with Crippen LogP contribution in [0.25, 0.3) is 0 Å². The number of carbonyl (C=O) groups is 2. The van der Waals surface area contributed by atoms with E-state index >= 15 is 0 Å². The average Bonchev–Trinajstić information content (AvgIpc) is 2.32. The summed E-state index contributed by atoms with van der Waals surface area (Å²) in [6, 6.07) is 4.64. The zero-order valence-electron chi connectivity index (χ0n) is 10.1. The van der Waals surface area contributed by atoms with E-state index in [0.717, 1.165) is 11.3 Å². The number of carboxylic acid groups (broad SMARTS) is 1. The van der Waals surface area contributed by atoms with Crippen molar-refractivity contribution in [1.82, 2.24) is 0 Å². The second kappa shape index (κ2) is 7.03. The maximum Gasteiger partial charge on any atom is 0.335 e. The lowest BCUT2D eigenvalue weighted by molar-refractivity contribution is -0.113. The van der Waals surface area contributed by atoms with E-state index in [1.807, 2.05) is 6.92 Å². The maximum atomic E-state index is 11.6. The van der Waals surface area contributed by atoms with Crippen molar-refractivity contribution >= 4 is 29.3 Å². The number of nitrogens with one attached hydrogen (secondary N) is 1. The Morgan fingerprint density at radius 2 is 2.17 bits per heavy atom. The SMILES string of the molecule is Cc1ccc(C(=O)O)cc1NC(=O)CSCCN. The Morgan fingerprint density at radius 3 is 2.78 bits per heavy atom. The number of aryl methyl sites for hydroxylation is 1. The largest absolute Gasteiger partial charge is 0.478 e. The van der Waals surface area contributed by atoms with Gasteiger partial charge in [0.15, 0.2) is 0 Å². The third kappa shape index (κ3) is 4.38. The number of carboxylic acids is 1. The fourth-order valence-corrected chi connectivity index (χ4v) is 1.89. The molecule has 18 heavy (non-hydrogen) atoms. The smallest absolute Gasteiger partial charge is 0.335 e. The Morgan fingerprint density at radius 1 is 1.44 bits per heavy atom. The number of benzene rings is 1. The molecule has 0 aliphatic carbocycles. The van der Waals surface area contributed by atoms with E-state index in [1.54, 1.807) is 6.07 Å². The van der Waals surface area contributed by atoms with Crippen molar-refractivity contribution in [2.24, 2.45) is 5.73 Å². The standard InChI is InChI=1S/C12H16N2O3S/c1-8-2-3-9(12(16)17)6-10(8)14-11(15)7-18-5-4-13/h2-3,6H,4-5,7,13H2,1H3,(H,14,15)(H,16,17). The number of rotatable bonds is 6. The Bertz CT molecular complexity index is 449. The topological polar surface area (TPSA) is 92.4 Å². The minimum atomic E-state index is -1.01. The van der Waals surface area contributed by atoms with E-state index in [0.29, 0.717) is 18.0 Å². The van der Waals surface area contributed by atoms with Crippen LogP contribution in [-0.4, -0.2) is 35.0 Å². The van der Waals surface area contributed by atoms with Gasteiger partial charge in [-0.2, -0.15) is 11.8 Å². The number of thioether (sulfide) groups is 1. The van der Waals surface area contributed by atoms with E-state index in [4.69, 9.17) is 10.8 Å². The summed E-state index contributed by atoms with van der Waals surface area (Å²) in [6.45, 7) is 2.35. The first kappa shape index (κ1) is 14.5. The van der Waals surface area contributed by atoms with Gasteiger partial charge in [0.1, 0.15) is 0 Å². The van der Waals surface area contributed by atoms with Crippen LogP contribution in [0.3, 0.4) is 0 Å². The van der Waals surface area contributed by atoms with Crippen molar-refractivity contribution in [2.75, 3.05) is 23.4 Å². The summed E-state index contributed by atoms with van der Waals surface area (Å²) in [6.07, 6.45) is 0. The fourth-order valence-electron chi connectivity index (χ4n) is 1.32. The number of hydrogen-bond donors (Lipinski definition) is 3. The Hall–Kier alpha value is -1.53. The molecular formula is C12H16N2O3S. The maximum absolute atomic E-state index is 11.6. The van der Waals surface area contributed by atoms with Gasteiger partial charge in [0.05, 0.1) is 11.3 Å². The van der Waals surface area contributed by atoms with Gasteiger partial charge in [-0.05, 0) is 24.6 Å². The molecule has 0 radical (unpaired) electrons. The highest BCUT2D eigenvalue weighted by molar-refractivity contribution is 7.99. The number of hydrogen-bond acceptors (Lipinski definition) is 4. The normalized spacial score (nSPS) is 10.1. The second-order valence-corrected chi connectivity index (χ2v) is 4.83. The lowest BCUT2D eigenvalue weighted by Gasteiger charge is -2.09. The molecular weight excluding hydrogens is 252 g/mol. The van der Waals surface area contributed by atoms with Gasteiger partial charge in [0.25, 0.3) is 0 Å². The molecule has 0 atom stereocenters. The Kier molecular flexibility index (Phi) is 5.67. The summed E-state index contributed by atoms with van der Waals surface area (Å²) >= 11 is 1.44. The van der Waals surface area contributed by atoms with Crippen LogP contribution in [0.2, 0.25) is 0 Å². The zero-order valence-corrected chi connectivity index (χ0v) is 10.9. The lowest BCUT2D eigenvalue weighted by atomic mass is 10.1. The lowest BCUT2D eigenvalue weighted by Crippen LogP contribution is -2.16. The molecule has 0 bridgehead atoms. The molecule has 0 spiro atoms. The van der Waals surface area contributed by atoms with Crippen molar-refractivity contribution < 1.29 is 14.7 Å². The molecule has 1 rings (SSSR count). The minimum Gasteiger partial charge on any atom is -0.478 e. The number of amides is 1. The molecule has 1 aromatic carbocycles. The summed E-state index contributed by atoms with van der Waals surface area (Å²) in [7, 11) is 0. The van der Waals surface area contributed by atoms with Crippen LogP contribution in [0.4, 0.5) is 5.69 Å². The molecule has 0 aliphatic heterocycles. The van der Waals surface area contributed by atoms with E-state index in [1.165, 1.54) is 23.9 Å². The average molecular weight is 268 g/mol. The van der Waals surface area contributed by atoms with Crippen LogP contribution >= 0.6 is 11.8 Å². The van der Waals surface area contributed by atoms with E-state index < -0.39 is 5.97 Å². The van der Waals surface area contributed by atoms with Crippen LogP contribution < -0.4 is 11.1 Å². The molecule has 1 amide bonds. The predicted octanol–water partition coefficient (Wildman–Crippen LogP) is 1.32. The first-order valence-electron chi connectivity index (χ1n) is 5.46. The number of anilines is 1. The summed E-state index contributed by atoms with van der Waals surface area (Å²) < 4.78 is 0. The van der Waals surface area contributed by atoms with Gasteiger partial charge in [-0.25, -0.2) is 4.79 Å². The third-order valence-electron chi connectivity index (χ3n) is 2.25. The van der Waals surface area contributed by atoms with Crippen molar-refractivity contribution in [3.63, 3.8) is 0 Å². The van der Waals surface area contributed by atoms with Crippen molar-refractivity contribution in [3.05, 3.63) is 29.3 Å². The van der Waals surface area contributed by atoms with Gasteiger partial charge in [0, 0.05) is 18.0 Å². The molecule has 0 aromatic heterocycles. The molecule has 0 heterocycles. The van der Waals surface area contributed by atoms with Crippen LogP contribution in [0.15, 0.2) is 18.2 Å². The van der Waals surface area contributed by atoms with E-state index in [9.17, 15) is 9.59 Å². The third-order valence-corrected chi connectivity index (χ3v) is 3.24. The Balaban J connectivity index is 2.68. The second-order valence-electron chi connectivity index (χ2n) is 3.72. The van der Waals surface area contributed by atoms with Gasteiger partial charge in [-0.1, -0.05) is 6.07 Å². The predicted molar refractivity (Wildman–Crippen MR) is 73.1 cm³/mol. The summed E-state index contributed by atoms with van der Waals surface area (Å²) in [5.74, 6) is -0.128. The molecule has 0 unspecified atom stereocenters. The molecule has 6 heteroatoms. The number of aromatic carboxylic acids is 1. The first-order chi connectivity index (χ1) is 8.54. The highest BCUT2D eigenvalue weighted by Crippen LogP contribution is 2.17. The van der Waals surface area contributed by atoms with Gasteiger partial charge in [-0.3, -0.25) is 4.79 Å². The van der Waals surface area contributed by atoms with Crippen LogP contribution in [0.5, 0.6) is 0 Å². The Labute approximate surface area is 110 Å². The highest BCUT2D eigenvalue weighted by Gasteiger charge is 2.08. The van der Waals surface area contributed by atoms with Crippen LogP contribution in [0.1, 0.15) is 15.9 Å². The number of nitrogens with two attached hydrogens (primary N) is 1. The van der Waals surface area contributed by atoms with E-state index in [-0.39, 0.29) is 11.5 Å². The van der Waals surface area contributed by atoms with Gasteiger partial charge in [-0.15, -0.1) is 0 Å². The minimum absolute atomic E-state index is 0.154. The van der Waals surface area contributed by atoms with Gasteiger partial charge in [0.2, 0.25) is 5.91 Å². The quantitative estimate of drug-likeness (QED) is 0.677. The molecule has 1 aromatic rings. The van der Waals surface area contributed by atoms with Crippen molar-refractivity contribution in [1.29, 1.82) is 0 Å². The first-order valence-corrected chi connectivity index (χ1v) is 6.61. The summed E-state index contributed by atoms with van der Waals surface area (Å²) in [5, 5.41) is 11.6. The fraction of sp³-hybridized carbons (Fsp3) is 0.333. The molecule has 0 saturated heterocycles. The van der Waals surface area contributed by atoms with Gasteiger partial charge >= 0.3 is 5.97 Å². The molecule has 4 N–H and O–H groups in total. The monoisotopic (exact) mass is 268 g/mol. The van der Waals surface area contributed by atoms with Crippen molar-refractivity contribution in [3.8, 4) is 0 Å². The van der Waals surface area contributed by atoms with E-state index in [2.05, 4.69) is 5.32 Å². The van der Waals surface area contributed by atoms with Crippen LogP contribution in [-0.2, 0) is 4.79 Å². The van der Waals surface area contributed by atoms with Gasteiger partial charge < -0.3 is 16.2 Å². The van der Waals surface area contributed by atoms with Crippen LogP contribution in [0, 0.1) is 6.92 Å². The van der Waals surface area contributed by atoms with Crippen molar-refractivity contribution in [2.45, 2.75) is 6.92 Å². The molecule has 0 fully saturated rings. The molecule has 0 aliphatic rings. The molecule has 98 valence electrons. The molecule has 5 nitrogen and oxygen atoms in total. The highest BCUT2D eigenvalue weighted by atomic mass is 32.2. The molecule has 0 saturated carbocycles. The summed E-state index contributed by atoms with van der Waals surface area (Å²) in [4.78, 5) is 22.4. The summed E-state index contributed by atoms with van der Waals surface area (Å²) in [5.41, 5.74) is 6.85. The number of carbonyl (C=O) groups excluding carboxylic acids is 1.